The van der Waals surface area contributed by atoms with Crippen molar-refractivity contribution < 1.29 is 18.0 Å². The molecule has 1 atom stereocenters. The van der Waals surface area contributed by atoms with Crippen molar-refractivity contribution in [2.45, 2.75) is 25.5 Å². The van der Waals surface area contributed by atoms with E-state index in [1.807, 2.05) is 0 Å². The number of hydrogen-bond acceptors (Lipinski definition) is 7. The van der Waals surface area contributed by atoms with Crippen LogP contribution in [0.4, 0.5) is 8.78 Å². The highest BCUT2D eigenvalue weighted by Crippen LogP contribution is 2.27. The van der Waals surface area contributed by atoms with Crippen molar-refractivity contribution >= 4 is 0 Å². The molecule has 164 valence electrons. The van der Waals surface area contributed by atoms with Gasteiger partial charge in [0.25, 0.3) is 5.88 Å². The Morgan fingerprint density at radius 3 is 2.84 bits per heavy atom. The Kier molecular flexibility index (Phi) is 5.59. The van der Waals surface area contributed by atoms with Gasteiger partial charge in [-0.1, -0.05) is 23.4 Å². The van der Waals surface area contributed by atoms with Crippen LogP contribution in [0.1, 0.15) is 18.4 Å². The molecule has 5 rings (SSSR count). The number of nitrogens with zero attached hydrogens (tertiary/aromatic N) is 5. The Morgan fingerprint density at radius 2 is 2.06 bits per heavy atom. The third-order valence-corrected chi connectivity index (χ3v) is 5.23. The SMILES string of the molecule is Fc1ccccc1Cn1nc(-c2ncc(F)c(OC3CCCNC3)n2)cc1-c1ccon1. The van der Waals surface area contributed by atoms with Crippen molar-refractivity contribution in [3.8, 4) is 28.8 Å². The summed E-state index contributed by atoms with van der Waals surface area (Å²) in [5.74, 6) is -0.898. The van der Waals surface area contributed by atoms with Gasteiger partial charge in [0.2, 0.25) is 5.82 Å². The average Bonchev–Trinajstić information content (AvgIpc) is 3.48. The van der Waals surface area contributed by atoms with Gasteiger partial charge in [0.1, 0.15) is 29.6 Å². The molecule has 10 heteroatoms. The van der Waals surface area contributed by atoms with Gasteiger partial charge >= 0.3 is 0 Å². The normalized spacial score (nSPS) is 16.2. The molecule has 4 aromatic rings. The van der Waals surface area contributed by atoms with Gasteiger partial charge in [0.15, 0.2) is 5.82 Å². The van der Waals surface area contributed by atoms with Crippen LogP contribution in [0.15, 0.2) is 53.4 Å². The van der Waals surface area contributed by atoms with E-state index in [1.54, 1.807) is 35.0 Å². The second-order valence-corrected chi connectivity index (χ2v) is 7.48. The first kappa shape index (κ1) is 20.3. The minimum absolute atomic E-state index is 0.115. The summed E-state index contributed by atoms with van der Waals surface area (Å²) in [5.41, 5.74) is 1.95. The fourth-order valence-corrected chi connectivity index (χ4v) is 3.62. The maximum atomic E-state index is 14.3. The van der Waals surface area contributed by atoms with E-state index in [4.69, 9.17) is 9.26 Å². The lowest BCUT2D eigenvalue weighted by Crippen LogP contribution is -2.37. The molecule has 0 aliphatic carbocycles. The molecule has 1 aliphatic heterocycles. The summed E-state index contributed by atoms with van der Waals surface area (Å²) in [6.07, 6.45) is 4.11. The molecular formula is C22H20F2N6O2. The topological polar surface area (TPSA) is 90.9 Å². The highest BCUT2D eigenvalue weighted by Gasteiger charge is 2.21. The lowest BCUT2D eigenvalue weighted by Gasteiger charge is -2.23. The van der Waals surface area contributed by atoms with Gasteiger partial charge in [0.05, 0.1) is 18.4 Å². The monoisotopic (exact) mass is 438 g/mol. The molecule has 0 saturated carbocycles. The number of hydrogen-bond donors (Lipinski definition) is 1. The third-order valence-electron chi connectivity index (χ3n) is 5.23. The minimum Gasteiger partial charge on any atom is -0.471 e. The molecule has 32 heavy (non-hydrogen) atoms. The first-order valence-corrected chi connectivity index (χ1v) is 10.3. The van der Waals surface area contributed by atoms with Gasteiger partial charge in [-0.3, -0.25) is 4.68 Å². The van der Waals surface area contributed by atoms with E-state index < -0.39 is 5.82 Å². The van der Waals surface area contributed by atoms with Gasteiger partial charge in [0, 0.05) is 18.2 Å². The summed E-state index contributed by atoms with van der Waals surface area (Å²) >= 11 is 0. The van der Waals surface area contributed by atoms with E-state index in [9.17, 15) is 8.78 Å². The Bertz CT molecular complexity index is 1210. The van der Waals surface area contributed by atoms with Gasteiger partial charge in [-0.05, 0) is 31.5 Å². The zero-order valence-corrected chi connectivity index (χ0v) is 17.0. The molecule has 0 spiro atoms. The number of halogens is 2. The lowest BCUT2D eigenvalue weighted by molar-refractivity contribution is 0.153. The van der Waals surface area contributed by atoms with Crippen molar-refractivity contribution in [3.63, 3.8) is 0 Å². The molecule has 0 amide bonds. The van der Waals surface area contributed by atoms with Crippen LogP contribution in [0.3, 0.4) is 0 Å². The van der Waals surface area contributed by atoms with E-state index in [-0.39, 0.29) is 30.2 Å². The van der Waals surface area contributed by atoms with Gasteiger partial charge < -0.3 is 14.6 Å². The number of piperidine rings is 1. The maximum absolute atomic E-state index is 14.3. The molecule has 1 saturated heterocycles. The van der Waals surface area contributed by atoms with Gasteiger partial charge in [-0.2, -0.15) is 14.5 Å². The van der Waals surface area contributed by atoms with Crippen molar-refractivity contribution in [1.29, 1.82) is 0 Å². The molecule has 1 unspecified atom stereocenters. The predicted octanol–water partition coefficient (Wildman–Crippen LogP) is 3.45. The van der Waals surface area contributed by atoms with Crippen LogP contribution >= 0.6 is 0 Å². The number of nitrogens with one attached hydrogen (secondary N) is 1. The first-order chi connectivity index (χ1) is 15.7. The molecule has 0 bridgehead atoms. The molecule has 0 radical (unpaired) electrons. The number of ether oxygens (including phenoxy) is 1. The average molecular weight is 438 g/mol. The number of aromatic nitrogens is 5. The van der Waals surface area contributed by atoms with Crippen LogP contribution in [0.5, 0.6) is 5.88 Å². The molecule has 1 aliphatic rings. The smallest absolute Gasteiger partial charge is 0.254 e. The molecule has 8 nitrogen and oxygen atoms in total. The van der Waals surface area contributed by atoms with E-state index in [0.29, 0.717) is 29.2 Å². The Hall–Kier alpha value is -3.66. The minimum atomic E-state index is -0.637. The van der Waals surface area contributed by atoms with Crippen molar-refractivity contribution in [3.05, 3.63) is 66.1 Å². The molecule has 4 heterocycles. The second kappa shape index (κ2) is 8.83. The van der Waals surface area contributed by atoms with E-state index in [0.717, 1.165) is 25.6 Å². The highest BCUT2D eigenvalue weighted by molar-refractivity contribution is 5.62. The van der Waals surface area contributed by atoms with Crippen LogP contribution in [-0.2, 0) is 6.54 Å². The van der Waals surface area contributed by atoms with E-state index >= 15 is 0 Å². The third kappa shape index (κ3) is 4.22. The van der Waals surface area contributed by atoms with Crippen molar-refractivity contribution in [2.75, 3.05) is 13.1 Å². The Labute approximate surface area is 182 Å². The van der Waals surface area contributed by atoms with E-state index in [1.165, 1.54) is 12.3 Å². The molecule has 1 fully saturated rings. The zero-order valence-electron chi connectivity index (χ0n) is 17.0. The summed E-state index contributed by atoms with van der Waals surface area (Å²) < 4.78 is 40.9. The predicted molar refractivity (Wildman–Crippen MR) is 111 cm³/mol. The van der Waals surface area contributed by atoms with Crippen molar-refractivity contribution in [1.82, 2.24) is 30.2 Å². The van der Waals surface area contributed by atoms with E-state index in [2.05, 4.69) is 25.5 Å². The summed E-state index contributed by atoms with van der Waals surface area (Å²) in [4.78, 5) is 8.35. The molecule has 1 aromatic carbocycles. The first-order valence-electron chi connectivity index (χ1n) is 10.3. The van der Waals surface area contributed by atoms with Crippen molar-refractivity contribution in [2.24, 2.45) is 0 Å². The Morgan fingerprint density at radius 1 is 1.16 bits per heavy atom. The maximum Gasteiger partial charge on any atom is 0.254 e. The zero-order chi connectivity index (χ0) is 21.9. The molecular weight excluding hydrogens is 418 g/mol. The largest absolute Gasteiger partial charge is 0.471 e. The molecule has 1 N–H and O–H groups in total. The second-order valence-electron chi connectivity index (χ2n) is 7.48. The summed E-state index contributed by atoms with van der Waals surface area (Å²) in [6, 6.07) is 9.84. The molecule has 3 aromatic heterocycles. The fraction of sp³-hybridized carbons (Fsp3) is 0.273. The quantitative estimate of drug-likeness (QED) is 0.493. The highest BCUT2D eigenvalue weighted by atomic mass is 19.1. The van der Waals surface area contributed by atoms with Crippen LogP contribution in [0, 0.1) is 11.6 Å². The summed E-state index contributed by atoms with van der Waals surface area (Å²) in [7, 11) is 0. The van der Waals surface area contributed by atoms with Crippen LogP contribution in [0.2, 0.25) is 0 Å². The van der Waals surface area contributed by atoms with Crippen LogP contribution < -0.4 is 10.1 Å². The summed E-state index contributed by atoms with van der Waals surface area (Å²) in [6.45, 7) is 1.71. The number of benzene rings is 1. The van der Waals surface area contributed by atoms with Gasteiger partial charge in [-0.25, -0.2) is 9.37 Å². The standard InChI is InChI=1S/C22H20F2N6O2/c23-16-6-2-1-4-14(16)13-30-20(18-7-9-31-29-18)10-19(28-30)21-26-12-17(24)22(27-21)32-15-5-3-8-25-11-15/h1-2,4,6-7,9-10,12,15,25H,3,5,8,11,13H2. The van der Waals surface area contributed by atoms with Crippen LogP contribution in [-0.4, -0.2) is 44.1 Å². The lowest BCUT2D eigenvalue weighted by atomic mass is 10.1. The van der Waals surface area contributed by atoms with Gasteiger partial charge in [-0.15, -0.1) is 0 Å². The van der Waals surface area contributed by atoms with Crippen LogP contribution in [0.25, 0.3) is 22.9 Å². The number of rotatable bonds is 6. The summed E-state index contributed by atoms with van der Waals surface area (Å²) in [5, 5.41) is 11.7. The Balaban J connectivity index is 1.49. The fourth-order valence-electron chi connectivity index (χ4n) is 3.62.